The molecule has 2 aromatic carbocycles. The lowest BCUT2D eigenvalue weighted by atomic mass is 10.0. The topological polar surface area (TPSA) is 77.5 Å². The first-order chi connectivity index (χ1) is 18.0. The van der Waals surface area contributed by atoms with Crippen LogP contribution in [0, 0.1) is 11.6 Å². The minimum absolute atomic E-state index is 0.0217. The number of carbonyl (C=O) groups excluding carboxylic acids is 2. The Morgan fingerprint density at radius 3 is 2.53 bits per heavy atom. The number of hydrogen-bond donors (Lipinski definition) is 1. The fourth-order valence-electron chi connectivity index (χ4n) is 4.15. The Morgan fingerprint density at radius 1 is 1.13 bits per heavy atom. The standard InChI is InChI=1S/C27H31F2N5O3S/c1-26(2,3)37-24(35)30-14-8-13-27(19-9-6-5-7-10-19)34(25(36)33-16-15-32(4)18-33)31-23(38-27)21-17-20(28)11-12-22(21)29/h5-7,9-12,15-17H,8,13-14,18H2,1-4H3,(H,30,35). The van der Waals surface area contributed by atoms with Crippen molar-refractivity contribution in [2.75, 3.05) is 20.3 Å². The van der Waals surface area contributed by atoms with E-state index in [0.29, 0.717) is 19.5 Å². The summed E-state index contributed by atoms with van der Waals surface area (Å²) in [5.74, 6) is -1.24. The molecule has 11 heteroatoms. The fraction of sp³-hybridized carbons (Fsp3) is 0.370. The SMILES string of the molecule is CN1C=CN(C(=O)N2N=C(c3cc(F)ccc3F)SC2(CCCNC(=O)OC(C)(C)C)c2ccccc2)C1. The molecule has 0 bridgehead atoms. The van der Waals surface area contributed by atoms with Crippen LogP contribution in [0.5, 0.6) is 0 Å². The molecule has 8 nitrogen and oxygen atoms in total. The number of halogens is 2. The number of benzene rings is 2. The summed E-state index contributed by atoms with van der Waals surface area (Å²) in [6.45, 7) is 5.95. The number of hydrogen-bond acceptors (Lipinski definition) is 6. The normalized spacial score (nSPS) is 19.1. The number of rotatable bonds is 6. The van der Waals surface area contributed by atoms with Crippen LogP contribution in [-0.2, 0) is 9.61 Å². The van der Waals surface area contributed by atoms with E-state index in [4.69, 9.17) is 4.74 Å². The van der Waals surface area contributed by atoms with Crippen LogP contribution < -0.4 is 5.32 Å². The molecule has 2 aliphatic heterocycles. The summed E-state index contributed by atoms with van der Waals surface area (Å²) in [5, 5.41) is 8.86. The van der Waals surface area contributed by atoms with Gasteiger partial charge in [0, 0.05) is 31.6 Å². The van der Waals surface area contributed by atoms with Crippen molar-refractivity contribution in [1.29, 1.82) is 0 Å². The molecule has 2 aromatic rings. The highest BCUT2D eigenvalue weighted by atomic mass is 32.2. The number of thioether (sulfide) groups is 1. The van der Waals surface area contributed by atoms with E-state index in [2.05, 4.69) is 10.4 Å². The Hall–Kier alpha value is -3.60. The highest BCUT2D eigenvalue weighted by Gasteiger charge is 2.50. The molecule has 0 radical (unpaired) electrons. The highest BCUT2D eigenvalue weighted by Crippen LogP contribution is 2.51. The molecule has 0 saturated carbocycles. The Morgan fingerprint density at radius 2 is 1.87 bits per heavy atom. The molecule has 202 valence electrons. The van der Waals surface area contributed by atoms with Gasteiger partial charge in [-0.2, -0.15) is 10.1 Å². The Labute approximate surface area is 225 Å². The predicted molar refractivity (Wildman–Crippen MR) is 143 cm³/mol. The summed E-state index contributed by atoms with van der Waals surface area (Å²) >= 11 is 1.19. The minimum atomic E-state index is -1.07. The van der Waals surface area contributed by atoms with Gasteiger partial charge in [-0.15, -0.1) is 0 Å². The third-order valence-corrected chi connectivity index (χ3v) is 7.29. The third-order valence-electron chi connectivity index (χ3n) is 5.85. The molecule has 2 aliphatic rings. The van der Waals surface area contributed by atoms with Crippen LogP contribution in [0.25, 0.3) is 0 Å². The van der Waals surface area contributed by atoms with Crippen LogP contribution in [0.3, 0.4) is 0 Å². The average Bonchev–Trinajstić information content (AvgIpc) is 3.47. The van der Waals surface area contributed by atoms with E-state index in [0.717, 1.165) is 23.8 Å². The number of nitrogens with zero attached hydrogens (tertiary/aromatic N) is 4. The number of nitrogens with one attached hydrogen (secondary N) is 1. The van der Waals surface area contributed by atoms with E-state index < -0.39 is 34.2 Å². The molecule has 4 rings (SSSR count). The molecule has 3 amide bonds. The number of urea groups is 1. The smallest absolute Gasteiger partial charge is 0.407 e. The van der Waals surface area contributed by atoms with Gasteiger partial charge in [0.25, 0.3) is 0 Å². The first-order valence-corrected chi connectivity index (χ1v) is 13.0. The van der Waals surface area contributed by atoms with Gasteiger partial charge in [-0.3, -0.25) is 4.90 Å². The molecule has 38 heavy (non-hydrogen) atoms. The molecular weight excluding hydrogens is 512 g/mol. The minimum Gasteiger partial charge on any atom is -0.444 e. The summed E-state index contributed by atoms with van der Waals surface area (Å²) < 4.78 is 34.3. The van der Waals surface area contributed by atoms with Crippen LogP contribution >= 0.6 is 11.8 Å². The lowest BCUT2D eigenvalue weighted by Gasteiger charge is -2.37. The third kappa shape index (κ3) is 6.09. The van der Waals surface area contributed by atoms with Gasteiger partial charge in [0.1, 0.15) is 27.2 Å². The van der Waals surface area contributed by atoms with Crippen LogP contribution in [0.4, 0.5) is 18.4 Å². The van der Waals surface area contributed by atoms with Crippen molar-refractivity contribution in [2.45, 2.75) is 44.1 Å². The second-order valence-corrected chi connectivity index (χ2v) is 11.3. The van der Waals surface area contributed by atoms with Crippen LogP contribution in [-0.4, -0.2) is 57.8 Å². The van der Waals surface area contributed by atoms with E-state index >= 15 is 0 Å². The van der Waals surface area contributed by atoms with Gasteiger partial charge in [0.05, 0.1) is 6.67 Å². The number of amides is 3. The molecule has 0 fully saturated rings. The van der Waals surface area contributed by atoms with Crippen molar-refractivity contribution in [1.82, 2.24) is 20.1 Å². The van der Waals surface area contributed by atoms with Gasteiger partial charge in [-0.1, -0.05) is 42.1 Å². The maximum atomic E-state index is 14.8. The van der Waals surface area contributed by atoms with Gasteiger partial charge >= 0.3 is 12.1 Å². The van der Waals surface area contributed by atoms with E-state index in [-0.39, 0.29) is 17.2 Å². The molecule has 0 aliphatic carbocycles. The Balaban J connectivity index is 1.68. The molecule has 2 heterocycles. The van der Waals surface area contributed by atoms with Crippen LogP contribution in [0.1, 0.15) is 44.7 Å². The van der Waals surface area contributed by atoms with Crippen molar-refractivity contribution in [2.24, 2.45) is 5.10 Å². The summed E-state index contributed by atoms with van der Waals surface area (Å²) in [6, 6.07) is 12.1. The second-order valence-electron chi connectivity index (χ2n) is 10.1. The van der Waals surface area contributed by atoms with Crippen molar-refractivity contribution in [3.05, 3.63) is 83.7 Å². The van der Waals surface area contributed by atoms with Crippen molar-refractivity contribution in [3.63, 3.8) is 0 Å². The molecule has 0 spiro atoms. The van der Waals surface area contributed by atoms with E-state index in [1.807, 2.05) is 42.3 Å². The Bertz CT molecular complexity index is 1250. The zero-order valence-corrected chi connectivity index (χ0v) is 22.6. The number of alkyl carbamates (subject to hydrolysis) is 1. The average molecular weight is 544 g/mol. The zero-order chi connectivity index (χ0) is 27.5. The molecule has 0 saturated heterocycles. The number of hydrazone groups is 1. The largest absolute Gasteiger partial charge is 0.444 e. The lowest BCUT2D eigenvalue weighted by Crippen LogP contribution is -2.47. The van der Waals surface area contributed by atoms with Gasteiger partial charge < -0.3 is 15.0 Å². The molecule has 1 atom stereocenters. The molecule has 0 aromatic heterocycles. The summed E-state index contributed by atoms with van der Waals surface area (Å²) in [6.07, 6.45) is 3.70. The van der Waals surface area contributed by atoms with Crippen molar-refractivity contribution < 1.29 is 23.1 Å². The summed E-state index contributed by atoms with van der Waals surface area (Å²) in [5.41, 5.74) is 0.114. The van der Waals surface area contributed by atoms with E-state index in [1.165, 1.54) is 21.7 Å². The summed E-state index contributed by atoms with van der Waals surface area (Å²) in [4.78, 5) is 28.2. The summed E-state index contributed by atoms with van der Waals surface area (Å²) in [7, 11) is 1.84. The Kier molecular flexibility index (Phi) is 7.96. The highest BCUT2D eigenvalue weighted by molar-refractivity contribution is 8.15. The number of carbonyl (C=O) groups is 2. The predicted octanol–water partition coefficient (Wildman–Crippen LogP) is 5.63. The maximum absolute atomic E-state index is 14.8. The monoisotopic (exact) mass is 543 g/mol. The van der Waals surface area contributed by atoms with Gasteiger partial charge in [-0.05, 0) is 57.4 Å². The quantitative estimate of drug-likeness (QED) is 0.478. The maximum Gasteiger partial charge on any atom is 0.407 e. The number of ether oxygens (including phenoxy) is 1. The first-order valence-electron chi connectivity index (χ1n) is 12.2. The van der Waals surface area contributed by atoms with Crippen LogP contribution in [0.2, 0.25) is 0 Å². The van der Waals surface area contributed by atoms with E-state index in [9.17, 15) is 18.4 Å². The van der Waals surface area contributed by atoms with Gasteiger partial charge in [-0.25, -0.2) is 18.4 Å². The van der Waals surface area contributed by atoms with Gasteiger partial charge in [0.2, 0.25) is 0 Å². The van der Waals surface area contributed by atoms with Crippen molar-refractivity contribution >= 4 is 28.9 Å². The van der Waals surface area contributed by atoms with Gasteiger partial charge in [0.15, 0.2) is 0 Å². The van der Waals surface area contributed by atoms with Crippen LogP contribution in [0.15, 0.2) is 66.0 Å². The fourth-order valence-corrected chi connectivity index (χ4v) is 5.57. The van der Waals surface area contributed by atoms with Crippen molar-refractivity contribution in [3.8, 4) is 0 Å². The molecule has 1 unspecified atom stereocenters. The lowest BCUT2D eigenvalue weighted by molar-refractivity contribution is 0.0524. The van der Waals surface area contributed by atoms with E-state index in [1.54, 1.807) is 33.2 Å². The first kappa shape index (κ1) is 27.4. The molecular formula is C27H31F2N5O3S. The zero-order valence-electron chi connectivity index (χ0n) is 21.8. The second kappa shape index (κ2) is 11.0. The molecule has 1 N–H and O–H groups in total.